The number of aromatic nitrogens is 3. The number of nitrogens with zero attached hydrogens (tertiary/aromatic N) is 3. The lowest BCUT2D eigenvalue weighted by Gasteiger charge is -2.00. The van der Waals surface area contributed by atoms with Crippen molar-refractivity contribution in [1.29, 1.82) is 0 Å². The van der Waals surface area contributed by atoms with Crippen molar-refractivity contribution in [3.8, 4) is 0 Å². The van der Waals surface area contributed by atoms with Gasteiger partial charge in [0.2, 0.25) is 0 Å². The van der Waals surface area contributed by atoms with Crippen LogP contribution < -0.4 is 4.57 Å². The van der Waals surface area contributed by atoms with E-state index in [1.807, 2.05) is 0 Å². The van der Waals surface area contributed by atoms with Gasteiger partial charge in [-0.25, -0.2) is 4.57 Å². The topological polar surface area (TPSA) is 21.2 Å². The number of para-hydroxylation sites is 1. The molecule has 0 amide bonds. The third-order valence-corrected chi connectivity index (χ3v) is 5.39. The van der Waals surface area contributed by atoms with Crippen LogP contribution in [0.5, 0.6) is 0 Å². The Balaban J connectivity index is 2.14. The molecule has 0 spiro atoms. The maximum atomic E-state index is 4.83. The van der Waals surface area contributed by atoms with Gasteiger partial charge in [0.1, 0.15) is 10.2 Å². The van der Waals surface area contributed by atoms with E-state index in [0.717, 1.165) is 10.5 Å². The lowest BCUT2D eigenvalue weighted by Crippen LogP contribution is -2.29. The number of rotatable bonds is 0. The summed E-state index contributed by atoms with van der Waals surface area (Å²) < 4.78 is 5.82. The van der Waals surface area contributed by atoms with Crippen LogP contribution in [0.3, 0.4) is 0 Å². The van der Waals surface area contributed by atoms with E-state index in [2.05, 4.69) is 71.6 Å². The summed E-state index contributed by atoms with van der Waals surface area (Å²) in [5, 5.41) is 2.57. The monoisotopic (exact) mass is 304 g/mol. The van der Waals surface area contributed by atoms with Crippen molar-refractivity contribution in [3.05, 3.63) is 54.2 Å². The molecule has 0 N–H and O–H groups in total. The van der Waals surface area contributed by atoms with Crippen LogP contribution in [0.25, 0.3) is 37.1 Å². The number of thiazole rings is 1. The molecular formula is C18H14N3S+. The Labute approximate surface area is 131 Å². The molecule has 5 aromatic rings. The summed E-state index contributed by atoms with van der Waals surface area (Å²) in [7, 11) is 2.12. The second-order valence-corrected chi connectivity index (χ2v) is 6.73. The minimum atomic E-state index is 1.06. The Bertz CT molecular complexity index is 1200. The second-order valence-electron chi connectivity index (χ2n) is 5.75. The molecule has 0 aliphatic heterocycles. The van der Waals surface area contributed by atoms with E-state index >= 15 is 0 Å². The van der Waals surface area contributed by atoms with Gasteiger partial charge < -0.3 is 0 Å². The summed E-state index contributed by atoms with van der Waals surface area (Å²) in [4.78, 5) is 5.89. The fraction of sp³-hybridized carbons (Fsp3) is 0.111. The quantitative estimate of drug-likeness (QED) is 0.396. The highest BCUT2D eigenvalue weighted by atomic mass is 32.1. The molecule has 0 saturated carbocycles. The number of pyridine rings is 1. The van der Waals surface area contributed by atoms with Crippen LogP contribution in [0.1, 0.15) is 5.56 Å². The lowest BCUT2D eigenvalue weighted by molar-refractivity contribution is -0.645. The predicted octanol–water partition coefficient (Wildman–Crippen LogP) is 3.99. The molecule has 0 aliphatic rings. The van der Waals surface area contributed by atoms with Crippen LogP contribution in [0.4, 0.5) is 0 Å². The summed E-state index contributed by atoms with van der Waals surface area (Å²) in [5.74, 6) is 0. The molecule has 0 radical (unpaired) electrons. The third-order valence-electron chi connectivity index (χ3n) is 4.33. The van der Waals surface area contributed by atoms with Crippen molar-refractivity contribution >= 4 is 48.5 Å². The van der Waals surface area contributed by atoms with Gasteiger partial charge in [0.15, 0.2) is 5.52 Å². The van der Waals surface area contributed by atoms with Gasteiger partial charge in [-0.2, -0.15) is 9.38 Å². The van der Waals surface area contributed by atoms with E-state index < -0.39 is 0 Å². The maximum Gasteiger partial charge on any atom is 0.307 e. The van der Waals surface area contributed by atoms with Crippen LogP contribution in [0, 0.1) is 6.92 Å². The van der Waals surface area contributed by atoms with Gasteiger partial charge in [-0.1, -0.05) is 47.7 Å². The first-order valence-corrected chi connectivity index (χ1v) is 8.13. The van der Waals surface area contributed by atoms with Gasteiger partial charge in [0.25, 0.3) is 4.96 Å². The summed E-state index contributed by atoms with van der Waals surface area (Å²) >= 11 is 1.77. The van der Waals surface area contributed by atoms with Crippen LogP contribution in [0.2, 0.25) is 0 Å². The minimum Gasteiger partial charge on any atom is -0.235 e. The molecule has 0 unspecified atom stereocenters. The van der Waals surface area contributed by atoms with Crippen molar-refractivity contribution in [1.82, 2.24) is 9.38 Å². The molecular weight excluding hydrogens is 290 g/mol. The van der Waals surface area contributed by atoms with Gasteiger partial charge in [-0.15, -0.1) is 0 Å². The van der Waals surface area contributed by atoms with Crippen molar-refractivity contribution in [2.45, 2.75) is 6.92 Å². The molecule has 3 aromatic heterocycles. The zero-order valence-corrected chi connectivity index (χ0v) is 13.2. The number of imidazole rings is 1. The molecule has 0 bridgehead atoms. The van der Waals surface area contributed by atoms with Crippen LogP contribution in [-0.4, -0.2) is 9.38 Å². The standard InChI is InChI=1S/C18H14N3S/c1-11-6-5-9-14-15(11)21-17-16(22-18(21)19-14)13-8-4-3-7-12(13)10-20(17)2/h3-10H,1-2H3/q+1. The Kier molecular flexibility index (Phi) is 2.23. The smallest absolute Gasteiger partial charge is 0.235 e. The Morgan fingerprint density at radius 1 is 1.09 bits per heavy atom. The molecule has 0 atom stereocenters. The highest BCUT2D eigenvalue weighted by Gasteiger charge is 2.23. The van der Waals surface area contributed by atoms with Crippen molar-refractivity contribution in [3.63, 3.8) is 0 Å². The Morgan fingerprint density at radius 2 is 1.95 bits per heavy atom. The highest BCUT2D eigenvalue weighted by Crippen LogP contribution is 2.33. The number of benzene rings is 2. The maximum absolute atomic E-state index is 4.83. The van der Waals surface area contributed by atoms with E-state index in [0.29, 0.717) is 0 Å². The van der Waals surface area contributed by atoms with Crippen molar-refractivity contribution < 1.29 is 4.57 Å². The second kappa shape index (κ2) is 4.05. The Hall–Kier alpha value is -2.46. The van der Waals surface area contributed by atoms with E-state index in [1.54, 1.807) is 11.3 Å². The molecule has 2 aromatic carbocycles. The van der Waals surface area contributed by atoms with Crippen molar-refractivity contribution in [2.24, 2.45) is 7.05 Å². The third kappa shape index (κ3) is 1.40. The summed E-state index contributed by atoms with van der Waals surface area (Å²) in [6, 6.07) is 14.9. The molecule has 0 aliphatic carbocycles. The van der Waals surface area contributed by atoms with Gasteiger partial charge >= 0.3 is 5.65 Å². The van der Waals surface area contributed by atoms with Gasteiger partial charge in [0.05, 0.1) is 13.2 Å². The number of aryl methyl sites for hydroxylation is 2. The molecule has 106 valence electrons. The van der Waals surface area contributed by atoms with Crippen LogP contribution in [0.15, 0.2) is 48.7 Å². The van der Waals surface area contributed by atoms with Gasteiger partial charge in [-0.3, -0.25) is 0 Å². The van der Waals surface area contributed by atoms with Gasteiger partial charge in [0, 0.05) is 10.8 Å². The Morgan fingerprint density at radius 3 is 2.86 bits per heavy atom. The first-order chi connectivity index (χ1) is 10.7. The predicted molar refractivity (Wildman–Crippen MR) is 91.5 cm³/mol. The SMILES string of the molecule is Cc1cccc2nc3sc4c5ccccc5c[n+](C)c4n3c12. The molecule has 3 heterocycles. The number of hydrogen-bond acceptors (Lipinski definition) is 2. The molecule has 3 nitrogen and oxygen atoms in total. The zero-order valence-electron chi connectivity index (χ0n) is 12.4. The molecule has 4 heteroatoms. The van der Waals surface area contributed by atoms with Crippen LogP contribution in [-0.2, 0) is 7.05 Å². The summed E-state index contributed by atoms with van der Waals surface area (Å²) in [6.45, 7) is 2.15. The average Bonchev–Trinajstić information content (AvgIpc) is 3.03. The number of hydrogen-bond donors (Lipinski definition) is 0. The van der Waals surface area contributed by atoms with E-state index in [-0.39, 0.29) is 0 Å². The largest absolute Gasteiger partial charge is 0.307 e. The summed E-state index contributed by atoms with van der Waals surface area (Å²) in [6.07, 6.45) is 2.20. The average molecular weight is 304 g/mol. The fourth-order valence-electron chi connectivity index (χ4n) is 3.36. The molecule has 5 rings (SSSR count). The molecule has 22 heavy (non-hydrogen) atoms. The van der Waals surface area contributed by atoms with Crippen LogP contribution >= 0.6 is 11.3 Å². The zero-order chi connectivity index (χ0) is 14.8. The normalized spacial score (nSPS) is 12.1. The first-order valence-electron chi connectivity index (χ1n) is 7.32. The fourth-order valence-corrected chi connectivity index (χ4v) is 4.57. The van der Waals surface area contributed by atoms with Crippen molar-refractivity contribution in [2.75, 3.05) is 0 Å². The van der Waals surface area contributed by atoms with E-state index in [1.165, 1.54) is 32.2 Å². The van der Waals surface area contributed by atoms with Gasteiger partial charge in [-0.05, 0) is 18.6 Å². The first kappa shape index (κ1) is 12.1. The molecule has 0 fully saturated rings. The summed E-state index contributed by atoms with van der Waals surface area (Å²) in [5.41, 5.74) is 4.77. The highest BCUT2D eigenvalue weighted by molar-refractivity contribution is 7.24. The lowest BCUT2D eigenvalue weighted by atomic mass is 10.2. The number of fused-ring (bicyclic) bond motifs is 7. The minimum absolute atomic E-state index is 1.06. The van der Waals surface area contributed by atoms with E-state index in [9.17, 15) is 0 Å². The van der Waals surface area contributed by atoms with E-state index in [4.69, 9.17) is 4.98 Å². The molecule has 0 saturated heterocycles.